The summed E-state index contributed by atoms with van der Waals surface area (Å²) in [5, 5.41) is 0. The van der Waals surface area contributed by atoms with Gasteiger partial charge in [0.15, 0.2) is 0 Å². The SMILES string of the molecule is Cc1c(F)ncc(N)c1C(F)F. The Morgan fingerprint density at radius 2 is 2.08 bits per heavy atom. The number of nitrogen functional groups attached to an aromatic ring is 1. The molecular weight excluding hydrogens is 169 g/mol. The van der Waals surface area contributed by atoms with Gasteiger partial charge in [0.05, 0.1) is 11.9 Å². The molecule has 0 bridgehead atoms. The van der Waals surface area contributed by atoms with Crippen LogP contribution in [0.25, 0.3) is 0 Å². The summed E-state index contributed by atoms with van der Waals surface area (Å²) in [6.07, 6.45) is -1.87. The summed E-state index contributed by atoms with van der Waals surface area (Å²) in [6.45, 7) is 1.22. The molecule has 1 aromatic heterocycles. The quantitative estimate of drug-likeness (QED) is 0.665. The molecule has 2 nitrogen and oxygen atoms in total. The fourth-order valence-electron chi connectivity index (χ4n) is 0.910. The molecule has 2 N–H and O–H groups in total. The number of hydrogen-bond donors (Lipinski definition) is 1. The minimum Gasteiger partial charge on any atom is -0.397 e. The average Bonchev–Trinajstić information content (AvgIpc) is 1.97. The van der Waals surface area contributed by atoms with Crippen LogP contribution < -0.4 is 5.73 Å². The van der Waals surface area contributed by atoms with E-state index in [9.17, 15) is 13.2 Å². The number of nitrogens with two attached hydrogens (primary N) is 1. The van der Waals surface area contributed by atoms with Crippen molar-refractivity contribution in [3.05, 3.63) is 23.3 Å². The Hall–Kier alpha value is -1.26. The van der Waals surface area contributed by atoms with Crippen LogP contribution in [0.3, 0.4) is 0 Å². The molecule has 0 aromatic carbocycles. The predicted octanol–water partition coefficient (Wildman–Crippen LogP) is 2.05. The van der Waals surface area contributed by atoms with Gasteiger partial charge in [-0.15, -0.1) is 0 Å². The molecule has 0 aliphatic heterocycles. The number of halogens is 3. The van der Waals surface area contributed by atoms with Crippen LogP contribution in [0.2, 0.25) is 0 Å². The first kappa shape index (κ1) is 8.83. The van der Waals surface area contributed by atoms with Crippen LogP contribution in [0.4, 0.5) is 18.9 Å². The van der Waals surface area contributed by atoms with Crippen molar-refractivity contribution in [1.82, 2.24) is 4.98 Å². The standard InChI is InChI=1S/C7H7F3N2/c1-3-5(6(8)9)4(11)2-12-7(3)10/h2,6H,11H2,1H3. The van der Waals surface area contributed by atoms with Crippen molar-refractivity contribution in [2.75, 3.05) is 5.73 Å². The van der Waals surface area contributed by atoms with Gasteiger partial charge in [0.2, 0.25) is 5.95 Å². The van der Waals surface area contributed by atoms with E-state index in [1.807, 2.05) is 0 Å². The molecule has 0 aliphatic carbocycles. The summed E-state index contributed by atoms with van der Waals surface area (Å²) in [7, 11) is 0. The maximum absolute atomic E-state index is 12.6. The monoisotopic (exact) mass is 176 g/mol. The molecule has 0 fully saturated rings. The Morgan fingerprint density at radius 1 is 1.50 bits per heavy atom. The third kappa shape index (κ3) is 1.34. The third-order valence-corrected chi connectivity index (χ3v) is 1.56. The number of pyridine rings is 1. The highest BCUT2D eigenvalue weighted by Crippen LogP contribution is 2.28. The summed E-state index contributed by atoms with van der Waals surface area (Å²) >= 11 is 0. The van der Waals surface area contributed by atoms with E-state index in [2.05, 4.69) is 4.98 Å². The van der Waals surface area contributed by atoms with Crippen LogP contribution in [0.1, 0.15) is 17.6 Å². The lowest BCUT2D eigenvalue weighted by Gasteiger charge is -2.07. The number of alkyl halides is 2. The smallest absolute Gasteiger partial charge is 0.266 e. The number of hydrogen-bond acceptors (Lipinski definition) is 2. The fraction of sp³-hybridized carbons (Fsp3) is 0.286. The van der Waals surface area contributed by atoms with Crippen molar-refractivity contribution >= 4 is 5.69 Å². The lowest BCUT2D eigenvalue weighted by Crippen LogP contribution is -2.02. The average molecular weight is 176 g/mol. The minimum atomic E-state index is -2.76. The van der Waals surface area contributed by atoms with E-state index >= 15 is 0 Å². The van der Waals surface area contributed by atoms with Crippen LogP contribution in [0.15, 0.2) is 6.20 Å². The predicted molar refractivity (Wildman–Crippen MR) is 38.3 cm³/mol. The van der Waals surface area contributed by atoms with Gasteiger partial charge in [0.25, 0.3) is 6.43 Å². The zero-order chi connectivity index (χ0) is 9.30. The second-order valence-corrected chi connectivity index (χ2v) is 2.34. The zero-order valence-corrected chi connectivity index (χ0v) is 6.31. The highest BCUT2D eigenvalue weighted by molar-refractivity contribution is 5.49. The molecule has 0 unspecified atom stereocenters. The molecule has 0 spiro atoms. The van der Waals surface area contributed by atoms with Crippen LogP contribution in [-0.4, -0.2) is 4.98 Å². The van der Waals surface area contributed by atoms with Gasteiger partial charge in [-0.05, 0) is 6.92 Å². The Balaban J connectivity index is 3.33. The van der Waals surface area contributed by atoms with Crippen molar-refractivity contribution in [1.29, 1.82) is 0 Å². The molecule has 1 heterocycles. The highest BCUT2D eigenvalue weighted by atomic mass is 19.3. The van der Waals surface area contributed by atoms with E-state index in [0.29, 0.717) is 0 Å². The number of rotatable bonds is 1. The van der Waals surface area contributed by atoms with Gasteiger partial charge in [-0.3, -0.25) is 0 Å². The Kier molecular flexibility index (Phi) is 2.21. The van der Waals surface area contributed by atoms with Crippen LogP contribution in [0, 0.1) is 12.9 Å². The van der Waals surface area contributed by atoms with E-state index in [4.69, 9.17) is 5.73 Å². The van der Waals surface area contributed by atoms with Gasteiger partial charge in [0, 0.05) is 11.1 Å². The molecule has 66 valence electrons. The molecule has 5 heteroatoms. The molecule has 12 heavy (non-hydrogen) atoms. The van der Waals surface area contributed by atoms with Crippen LogP contribution in [-0.2, 0) is 0 Å². The third-order valence-electron chi connectivity index (χ3n) is 1.56. The molecule has 0 amide bonds. The summed E-state index contributed by atoms with van der Waals surface area (Å²) in [5.41, 5.74) is 4.35. The van der Waals surface area contributed by atoms with Crippen molar-refractivity contribution in [2.24, 2.45) is 0 Å². The van der Waals surface area contributed by atoms with E-state index in [1.54, 1.807) is 0 Å². The van der Waals surface area contributed by atoms with Gasteiger partial charge in [0.1, 0.15) is 0 Å². The Bertz CT molecular complexity index is 299. The van der Waals surface area contributed by atoms with Crippen molar-refractivity contribution in [2.45, 2.75) is 13.3 Å². The van der Waals surface area contributed by atoms with Crippen molar-refractivity contribution in [3.8, 4) is 0 Å². The van der Waals surface area contributed by atoms with E-state index in [1.165, 1.54) is 6.92 Å². The molecule has 0 aliphatic rings. The maximum Gasteiger partial charge on any atom is 0.266 e. The fourth-order valence-corrected chi connectivity index (χ4v) is 0.910. The summed E-state index contributed by atoms with van der Waals surface area (Å²) in [6, 6.07) is 0. The van der Waals surface area contributed by atoms with Crippen LogP contribution >= 0.6 is 0 Å². The molecule has 0 saturated carbocycles. The van der Waals surface area contributed by atoms with Crippen molar-refractivity contribution < 1.29 is 13.2 Å². The van der Waals surface area contributed by atoms with Crippen LogP contribution in [0.5, 0.6) is 0 Å². The first-order chi connectivity index (χ1) is 5.54. The largest absolute Gasteiger partial charge is 0.397 e. The van der Waals surface area contributed by atoms with Gasteiger partial charge in [-0.1, -0.05) is 0 Å². The molecule has 0 saturated heterocycles. The van der Waals surface area contributed by atoms with Gasteiger partial charge < -0.3 is 5.73 Å². The number of nitrogens with zero attached hydrogens (tertiary/aromatic N) is 1. The van der Waals surface area contributed by atoms with E-state index < -0.39 is 17.9 Å². The zero-order valence-electron chi connectivity index (χ0n) is 6.31. The summed E-state index contributed by atoms with van der Waals surface area (Å²) < 4.78 is 37.0. The summed E-state index contributed by atoms with van der Waals surface area (Å²) in [5.74, 6) is -0.903. The van der Waals surface area contributed by atoms with E-state index in [0.717, 1.165) is 6.20 Å². The first-order valence-electron chi connectivity index (χ1n) is 3.22. The van der Waals surface area contributed by atoms with Gasteiger partial charge in [-0.2, -0.15) is 4.39 Å². The second kappa shape index (κ2) is 3.00. The van der Waals surface area contributed by atoms with Gasteiger partial charge in [-0.25, -0.2) is 13.8 Å². The normalized spacial score (nSPS) is 10.8. The maximum atomic E-state index is 12.6. The summed E-state index contributed by atoms with van der Waals surface area (Å²) in [4.78, 5) is 3.20. The first-order valence-corrected chi connectivity index (χ1v) is 3.22. The lowest BCUT2D eigenvalue weighted by atomic mass is 10.1. The topological polar surface area (TPSA) is 38.9 Å². The molecule has 1 rings (SSSR count). The number of aromatic nitrogens is 1. The highest BCUT2D eigenvalue weighted by Gasteiger charge is 2.17. The van der Waals surface area contributed by atoms with Crippen molar-refractivity contribution in [3.63, 3.8) is 0 Å². The second-order valence-electron chi connectivity index (χ2n) is 2.34. The molecule has 0 radical (unpaired) electrons. The van der Waals surface area contributed by atoms with Gasteiger partial charge >= 0.3 is 0 Å². The Morgan fingerprint density at radius 3 is 2.50 bits per heavy atom. The lowest BCUT2D eigenvalue weighted by molar-refractivity contribution is 0.150. The number of anilines is 1. The van der Waals surface area contributed by atoms with E-state index in [-0.39, 0.29) is 11.3 Å². The molecule has 0 atom stereocenters. The molecular formula is C7H7F3N2. The Labute approximate surface area is 67.2 Å². The minimum absolute atomic E-state index is 0.177. The molecule has 1 aromatic rings.